The zero-order valence-electron chi connectivity index (χ0n) is 17.1. The highest BCUT2D eigenvalue weighted by atomic mass is 35.5. The van der Waals surface area contributed by atoms with Crippen LogP contribution in [0.15, 0.2) is 41.4 Å². The lowest BCUT2D eigenvalue weighted by Gasteiger charge is -2.34. The monoisotopic (exact) mass is 412 g/mol. The smallest absolute Gasteiger partial charge is 0.128 e. The van der Waals surface area contributed by atoms with E-state index in [9.17, 15) is 10.2 Å². The Labute approximate surface area is 177 Å². The second-order valence-electron chi connectivity index (χ2n) is 8.58. The molecule has 4 nitrogen and oxygen atoms in total. The van der Waals surface area contributed by atoms with E-state index in [2.05, 4.69) is 24.9 Å². The first-order valence-electron chi connectivity index (χ1n) is 10.6. The quantitative estimate of drug-likeness (QED) is 0.776. The van der Waals surface area contributed by atoms with Gasteiger partial charge in [-0.3, -0.25) is 4.99 Å². The number of nitrogens with zero attached hydrogens (tertiary/aromatic N) is 2. The minimum Gasteiger partial charge on any atom is -0.507 e. The lowest BCUT2D eigenvalue weighted by atomic mass is 9.82. The third-order valence-electron chi connectivity index (χ3n) is 6.16. The van der Waals surface area contributed by atoms with E-state index >= 15 is 0 Å². The molecule has 2 aliphatic rings. The summed E-state index contributed by atoms with van der Waals surface area (Å²) >= 11 is 6.07. The Kier molecular flexibility index (Phi) is 5.84. The van der Waals surface area contributed by atoms with E-state index in [-0.39, 0.29) is 23.8 Å². The van der Waals surface area contributed by atoms with Crippen molar-refractivity contribution in [1.29, 1.82) is 0 Å². The van der Waals surface area contributed by atoms with Crippen LogP contribution in [0.25, 0.3) is 6.20 Å². The highest BCUT2D eigenvalue weighted by molar-refractivity contribution is 6.30. The molecule has 2 atom stereocenters. The minimum absolute atomic E-state index is 0.122. The maximum Gasteiger partial charge on any atom is 0.128 e. The molecule has 1 heterocycles. The molecule has 2 aromatic carbocycles. The van der Waals surface area contributed by atoms with Crippen molar-refractivity contribution in [3.8, 4) is 5.75 Å². The number of halogens is 1. The van der Waals surface area contributed by atoms with E-state index in [4.69, 9.17) is 16.6 Å². The molecule has 1 aliphatic carbocycles. The number of fused-ring (bicyclic) bond motifs is 1. The SMILES string of the molecule is CC(C)C1N=c2c(C(O)C3CCCCC3)c(O)ccc2=CN1c1ccc(Cl)cc1. The number of benzene rings is 2. The third-order valence-corrected chi connectivity index (χ3v) is 6.41. The van der Waals surface area contributed by atoms with Gasteiger partial charge >= 0.3 is 0 Å². The summed E-state index contributed by atoms with van der Waals surface area (Å²) < 4.78 is 0. The van der Waals surface area contributed by atoms with Crippen LogP contribution in [0.3, 0.4) is 0 Å². The van der Waals surface area contributed by atoms with Crippen molar-refractivity contribution in [2.75, 3.05) is 4.90 Å². The number of rotatable bonds is 4. The Bertz CT molecular complexity index is 981. The number of hydrogen-bond acceptors (Lipinski definition) is 4. The van der Waals surface area contributed by atoms with Crippen molar-refractivity contribution in [2.24, 2.45) is 16.8 Å². The zero-order valence-corrected chi connectivity index (χ0v) is 17.8. The molecule has 0 saturated heterocycles. The van der Waals surface area contributed by atoms with E-state index in [1.807, 2.05) is 30.3 Å². The molecule has 1 saturated carbocycles. The maximum absolute atomic E-state index is 11.2. The Morgan fingerprint density at radius 3 is 2.38 bits per heavy atom. The van der Waals surface area contributed by atoms with Crippen molar-refractivity contribution < 1.29 is 10.2 Å². The summed E-state index contributed by atoms with van der Waals surface area (Å²) in [5.41, 5.74) is 1.61. The standard InChI is InChI=1S/C24H29ClN2O2/c1-15(2)24-26-22-17(14-27(24)19-11-9-18(25)10-12-19)8-13-20(28)21(22)23(29)16-6-4-3-5-7-16/h8-16,23-24,28-29H,3-7H2,1-2H3. The summed E-state index contributed by atoms with van der Waals surface area (Å²) in [5, 5.41) is 24.1. The number of aromatic hydroxyl groups is 1. The molecule has 154 valence electrons. The van der Waals surface area contributed by atoms with Crippen LogP contribution in [0.4, 0.5) is 5.69 Å². The lowest BCUT2D eigenvalue weighted by molar-refractivity contribution is 0.0812. The van der Waals surface area contributed by atoms with E-state index in [0.717, 1.165) is 41.9 Å². The van der Waals surface area contributed by atoms with Gasteiger partial charge < -0.3 is 15.1 Å². The molecule has 2 N–H and O–H groups in total. The van der Waals surface area contributed by atoms with Crippen LogP contribution in [0, 0.1) is 11.8 Å². The molecule has 2 aromatic rings. The van der Waals surface area contributed by atoms with E-state index in [1.165, 1.54) is 6.42 Å². The van der Waals surface area contributed by atoms with Gasteiger partial charge in [0.15, 0.2) is 0 Å². The van der Waals surface area contributed by atoms with Gasteiger partial charge in [0.2, 0.25) is 0 Å². The Balaban J connectivity index is 1.83. The van der Waals surface area contributed by atoms with Crippen LogP contribution in [0.2, 0.25) is 5.02 Å². The van der Waals surface area contributed by atoms with Gasteiger partial charge in [-0.2, -0.15) is 0 Å². The first kappa shape index (κ1) is 20.2. The van der Waals surface area contributed by atoms with Crippen LogP contribution in [0.5, 0.6) is 5.75 Å². The molecule has 1 aliphatic heterocycles. The van der Waals surface area contributed by atoms with Crippen molar-refractivity contribution in [3.63, 3.8) is 0 Å². The third kappa shape index (κ3) is 4.01. The zero-order chi connectivity index (χ0) is 20.5. The van der Waals surface area contributed by atoms with Crippen LogP contribution < -0.4 is 15.5 Å². The van der Waals surface area contributed by atoms with Crippen LogP contribution >= 0.6 is 11.6 Å². The minimum atomic E-state index is -0.683. The number of aliphatic hydroxyl groups is 1. The van der Waals surface area contributed by atoms with Gasteiger partial charge in [0.05, 0.1) is 11.5 Å². The van der Waals surface area contributed by atoms with Gasteiger partial charge in [0.1, 0.15) is 11.9 Å². The predicted molar refractivity (Wildman–Crippen MR) is 117 cm³/mol. The second-order valence-corrected chi connectivity index (χ2v) is 9.02. The average molecular weight is 413 g/mol. The van der Waals surface area contributed by atoms with Gasteiger partial charge in [-0.25, -0.2) is 0 Å². The number of aliphatic hydroxyl groups excluding tert-OH is 1. The van der Waals surface area contributed by atoms with Crippen molar-refractivity contribution in [3.05, 3.63) is 57.6 Å². The molecular weight excluding hydrogens is 384 g/mol. The van der Waals surface area contributed by atoms with Crippen molar-refractivity contribution >= 4 is 23.5 Å². The van der Waals surface area contributed by atoms with E-state index in [0.29, 0.717) is 10.6 Å². The number of phenols is 1. The Morgan fingerprint density at radius 2 is 1.72 bits per heavy atom. The Hall–Kier alpha value is -2.04. The summed E-state index contributed by atoms with van der Waals surface area (Å²) in [6.45, 7) is 4.27. The molecule has 2 unspecified atom stereocenters. The molecule has 5 heteroatoms. The summed E-state index contributed by atoms with van der Waals surface area (Å²) in [7, 11) is 0. The molecule has 0 amide bonds. The number of anilines is 1. The highest BCUT2D eigenvalue weighted by Gasteiger charge is 2.29. The first-order valence-corrected chi connectivity index (χ1v) is 11.0. The Morgan fingerprint density at radius 1 is 1.03 bits per heavy atom. The molecule has 1 fully saturated rings. The fourth-order valence-electron chi connectivity index (χ4n) is 4.57. The lowest BCUT2D eigenvalue weighted by Crippen LogP contribution is -2.46. The van der Waals surface area contributed by atoms with Crippen LogP contribution in [-0.4, -0.2) is 16.4 Å². The number of phenolic OH excluding ortho intramolecular Hbond substituents is 1. The first-order chi connectivity index (χ1) is 14.0. The van der Waals surface area contributed by atoms with Gasteiger partial charge in [-0.15, -0.1) is 0 Å². The summed E-state index contributed by atoms with van der Waals surface area (Å²) in [6, 6.07) is 11.3. The topological polar surface area (TPSA) is 56.1 Å². The molecule has 0 radical (unpaired) electrons. The van der Waals surface area contributed by atoms with E-state index < -0.39 is 6.10 Å². The largest absolute Gasteiger partial charge is 0.507 e. The molecule has 4 rings (SSSR count). The van der Waals surface area contributed by atoms with Gasteiger partial charge in [-0.1, -0.05) is 44.7 Å². The fraction of sp³-hybridized carbons (Fsp3) is 0.458. The van der Waals surface area contributed by atoms with Crippen molar-refractivity contribution in [2.45, 2.75) is 58.2 Å². The van der Waals surface area contributed by atoms with Gasteiger partial charge in [-0.05, 0) is 61.1 Å². The van der Waals surface area contributed by atoms with Gasteiger partial charge in [0.25, 0.3) is 0 Å². The molecule has 0 spiro atoms. The second kappa shape index (κ2) is 8.37. The molecule has 0 aromatic heterocycles. The van der Waals surface area contributed by atoms with Gasteiger partial charge in [0, 0.05) is 27.7 Å². The number of hydrogen-bond donors (Lipinski definition) is 2. The maximum atomic E-state index is 11.2. The molecule has 29 heavy (non-hydrogen) atoms. The van der Waals surface area contributed by atoms with E-state index in [1.54, 1.807) is 6.07 Å². The van der Waals surface area contributed by atoms with Crippen LogP contribution in [0.1, 0.15) is 57.6 Å². The summed E-state index contributed by atoms with van der Waals surface area (Å²) in [4.78, 5) is 7.19. The highest BCUT2D eigenvalue weighted by Crippen LogP contribution is 2.36. The van der Waals surface area contributed by atoms with Crippen molar-refractivity contribution in [1.82, 2.24) is 0 Å². The normalized spacial score (nSPS) is 20.7. The predicted octanol–water partition coefficient (Wildman–Crippen LogP) is 4.52. The average Bonchev–Trinajstić information content (AvgIpc) is 2.73. The summed E-state index contributed by atoms with van der Waals surface area (Å²) in [5.74, 6) is 0.571. The molecular formula is C24H29ClN2O2. The fourth-order valence-corrected chi connectivity index (χ4v) is 4.70. The van der Waals surface area contributed by atoms with Crippen LogP contribution in [-0.2, 0) is 0 Å². The summed E-state index contributed by atoms with van der Waals surface area (Å²) in [6.07, 6.45) is 6.77. The molecule has 0 bridgehead atoms.